The molecule has 0 aliphatic carbocycles. The molecule has 1 rings (SSSR count). The molecule has 0 unspecified atom stereocenters. The number of methoxy groups -OCH3 is 1. The first kappa shape index (κ1) is 11.0. The Bertz CT molecular complexity index is 301. The Balaban J connectivity index is 2.86. The summed E-state index contributed by atoms with van der Waals surface area (Å²) in [6.45, 7) is 2.57. The van der Waals surface area contributed by atoms with Crippen LogP contribution in [-0.4, -0.2) is 13.7 Å². The van der Waals surface area contributed by atoms with Crippen molar-refractivity contribution in [2.75, 3.05) is 13.7 Å². The second-order valence-corrected chi connectivity index (χ2v) is 3.48. The molecule has 0 aromatic heterocycles. The molecule has 2 nitrogen and oxygen atoms in total. The van der Waals surface area contributed by atoms with Crippen molar-refractivity contribution in [3.05, 3.63) is 29.6 Å². The molecule has 3 heteroatoms. The SMILES string of the molecule is COc1cccc(C[C@H](C)CN)c1F. The number of nitrogens with two attached hydrogens (primary N) is 1. The van der Waals surface area contributed by atoms with Crippen molar-refractivity contribution in [3.8, 4) is 5.75 Å². The number of benzene rings is 1. The molecule has 1 aromatic carbocycles. The standard InChI is InChI=1S/C11H16FNO/c1-8(7-13)6-9-4-3-5-10(14-2)11(9)12/h3-5,8H,6-7,13H2,1-2H3/t8-/m0/s1. The van der Waals surface area contributed by atoms with Crippen molar-refractivity contribution in [1.29, 1.82) is 0 Å². The van der Waals surface area contributed by atoms with Gasteiger partial charge in [0, 0.05) is 0 Å². The van der Waals surface area contributed by atoms with Gasteiger partial charge < -0.3 is 10.5 Å². The topological polar surface area (TPSA) is 35.2 Å². The normalized spacial score (nSPS) is 12.6. The van der Waals surface area contributed by atoms with E-state index in [9.17, 15) is 4.39 Å². The second-order valence-electron chi connectivity index (χ2n) is 3.48. The summed E-state index contributed by atoms with van der Waals surface area (Å²) in [5, 5.41) is 0. The molecule has 0 fully saturated rings. The van der Waals surface area contributed by atoms with Crippen LogP contribution in [0.4, 0.5) is 4.39 Å². The van der Waals surface area contributed by atoms with Crippen LogP contribution in [0.1, 0.15) is 12.5 Å². The summed E-state index contributed by atoms with van der Waals surface area (Å²) < 4.78 is 18.5. The minimum atomic E-state index is -0.268. The lowest BCUT2D eigenvalue weighted by Gasteiger charge is -2.10. The molecule has 78 valence electrons. The van der Waals surface area contributed by atoms with E-state index in [1.807, 2.05) is 6.92 Å². The van der Waals surface area contributed by atoms with Crippen LogP contribution >= 0.6 is 0 Å². The van der Waals surface area contributed by atoms with Crippen molar-refractivity contribution in [1.82, 2.24) is 0 Å². The first-order valence-electron chi connectivity index (χ1n) is 4.70. The molecule has 1 aromatic rings. The first-order valence-corrected chi connectivity index (χ1v) is 4.70. The quantitative estimate of drug-likeness (QED) is 0.801. The molecule has 0 radical (unpaired) electrons. The van der Waals surface area contributed by atoms with Gasteiger partial charge in [-0.2, -0.15) is 0 Å². The summed E-state index contributed by atoms with van der Waals surface area (Å²) in [6, 6.07) is 5.18. The molecule has 0 bridgehead atoms. The van der Waals surface area contributed by atoms with Crippen LogP contribution in [0.5, 0.6) is 5.75 Å². The Morgan fingerprint density at radius 2 is 2.21 bits per heavy atom. The summed E-state index contributed by atoms with van der Waals surface area (Å²) in [5.74, 6) is 0.318. The van der Waals surface area contributed by atoms with Crippen LogP contribution in [0.2, 0.25) is 0 Å². The highest BCUT2D eigenvalue weighted by molar-refractivity contribution is 5.31. The largest absolute Gasteiger partial charge is 0.494 e. The molecular weight excluding hydrogens is 181 g/mol. The third-order valence-corrected chi connectivity index (χ3v) is 2.23. The fourth-order valence-corrected chi connectivity index (χ4v) is 1.33. The maximum Gasteiger partial charge on any atom is 0.168 e. The highest BCUT2D eigenvalue weighted by Crippen LogP contribution is 2.21. The molecule has 0 spiro atoms. The van der Waals surface area contributed by atoms with E-state index in [0.29, 0.717) is 24.3 Å². The van der Waals surface area contributed by atoms with Crippen LogP contribution < -0.4 is 10.5 Å². The zero-order valence-electron chi connectivity index (χ0n) is 8.59. The summed E-state index contributed by atoms with van der Waals surface area (Å²) >= 11 is 0. The van der Waals surface area contributed by atoms with Crippen molar-refractivity contribution in [3.63, 3.8) is 0 Å². The Hall–Kier alpha value is -1.09. The number of rotatable bonds is 4. The van der Waals surface area contributed by atoms with Gasteiger partial charge in [0.25, 0.3) is 0 Å². The Kier molecular flexibility index (Phi) is 3.89. The number of hydrogen-bond acceptors (Lipinski definition) is 2. The molecule has 0 saturated heterocycles. The predicted molar refractivity (Wildman–Crippen MR) is 54.9 cm³/mol. The van der Waals surface area contributed by atoms with E-state index in [4.69, 9.17) is 10.5 Å². The van der Waals surface area contributed by atoms with Gasteiger partial charge in [-0.05, 0) is 30.5 Å². The van der Waals surface area contributed by atoms with Crippen molar-refractivity contribution < 1.29 is 9.13 Å². The summed E-state index contributed by atoms with van der Waals surface area (Å²) in [7, 11) is 1.47. The third-order valence-electron chi connectivity index (χ3n) is 2.23. The third kappa shape index (κ3) is 2.45. The van der Waals surface area contributed by atoms with E-state index < -0.39 is 0 Å². The monoisotopic (exact) mass is 197 g/mol. The molecule has 14 heavy (non-hydrogen) atoms. The maximum absolute atomic E-state index is 13.6. The van der Waals surface area contributed by atoms with Gasteiger partial charge in [-0.1, -0.05) is 19.1 Å². The molecule has 0 saturated carbocycles. The fraction of sp³-hybridized carbons (Fsp3) is 0.455. The zero-order chi connectivity index (χ0) is 10.6. The van der Waals surface area contributed by atoms with Gasteiger partial charge in [0.15, 0.2) is 11.6 Å². The molecule has 0 heterocycles. The number of ether oxygens (including phenoxy) is 1. The van der Waals surface area contributed by atoms with Crippen LogP contribution in [0.25, 0.3) is 0 Å². The fourth-order valence-electron chi connectivity index (χ4n) is 1.33. The minimum Gasteiger partial charge on any atom is -0.494 e. The molecule has 0 amide bonds. The molecular formula is C11H16FNO. The second kappa shape index (κ2) is 4.96. The molecule has 1 atom stereocenters. The Morgan fingerprint density at radius 1 is 1.50 bits per heavy atom. The van der Waals surface area contributed by atoms with Crippen LogP contribution in [-0.2, 0) is 6.42 Å². The van der Waals surface area contributed by atoms with Crippen molar-refractivity contribution in [2.24, 2.45) is 11.7 Å². The number of hydrogen-bond donors (Lipinski definition) is 1. The minimum absolute atomic E-state index is 0.268. The lowest BCUT2D eigenvalue weighted by molar-refractivity contribution is 0.382. The average molecular weight is 197 g/mol. The van der Waals surface area contributed by atoms with E-state index in [0.717, 1.165) is 0 Å². The number of halogens is 1. The highest BCUT2D eigenvalue weighted by atomic mass is 19.1. The van der Waals surface area contributed by atoms with Crippen molar-refractivity contribution >= 4 is 0 Å². The smallest absolute Gasteiger partial charge is 0.168 e. The lowest BCUT2D eigenvalue weighted by atomic mass is 10.0. The van der Waals surface area contributed by atoms with Crippen LogP contribution in [0.15, 0.2) is 18.2 Å². The Morgan fingerprint density at radius 3 is 2.79 bits per heavy atom. The van der Waals surface area contributed by atoms with Gasteiger partial charge in [0.2, 0.25) is 0 Å². The van der Waals surface area contributed by atoms with Gasteiger partial charge in [-0.15, -0.1) is 0 Å². The molecule has 2 N–H and O–H groups in total. The van der Waals surface area contributed by atoms with E-state index in [-0.39, 0.29) is 11.7 Å². The van der Waals surface area contributed by atoms with Gasteiger partial charge in [0.1, 0.15) is 0 Å². The van der Waals surface area contributed by atoms with Gasteiger partial charge >= 0.3 is 0 Å². The molecule has 0 aliphatic heterocycles. The van der Waals surface area contributed by atoms with Crippen molar-refractivity contribution in [2.45, 2.75) is 13.3 Å². The predicted octanol–water partition coefficient (Wildman–Crippen LogP) is 1.97. The van der Waals surface area contributed by atoms with Crippen LogP contribution in [0.3, 0.4) is 0 Å². The summed E-state index contributed by atoms with van der Waals surface area (Å²) in [4.78, 5) is 0. The average Bonchev–Trinajstić information content (AvgIpc) is 2.21. The first-order chi connectivity index (χ1) is 6.69. The highest BCUT2D eigenvalue weighted by Gasteiger charge is 2.10. The van der Waals surface area contributed by atoms with E-state index in [1.54, 1.807) is 18.2 Å². The molecule has 0 aliphatic rings. The summed E-state index contributed by atoms with van der Waals surface area (Å²) in [5.41, 5.74) is 6.16. The van der Waals surface area contributed by atoms with Crippen LogP contribution in [0, 0.1) is 11.7 Å². The van der Waals surface area contributed by atoms with Gasteiger partial charge in [-0.25, -0.2) is 4.39 Å². The van der Waals surface area contributed by atoms with E-state index in [2.05, 4.69) is 0 Å². The lowest BCUT2D eigenvalue weighted by Crippen LogP contribution is -2.14. The van der Waals surface area contributed by atoms with E-state index in [1.165, 1.54) is 7.11 Å². The zero-order valence-corrected chi connectivity index (χ0v) is 8.59. The summed E-state index contributed by atoms with van der Waals surface area (Å²) in [6.07, 6.45) is 0.652. The Labute approximate surface area is 83.9 Å². The van der Waals surface area contributed by atoms with Gasteiger partial charge in [0.05, 0.1) is 7.11 Å². The van der Waals surface area contributed by atoms with E-state index >= 15 is 0 Å². The maximum atomic E-state index is 13.6. The van der Waals surface area contributed by atoms with Gasteiger partial charge in [-0.3, -0.25) is 0 Å².